The van der Waals surface area contributed by atoms with Gasteiger partial charge in [-0.2, -0.15) is 0 Å². The molecule has 12 nitrogen and oxygen atoms in total. The van der Waals surface area contributed by atoms with Crippen molar-refractivity contribution in [2.75, 3.05) is 19.8 Å². The van der Waals surface area contributed by atoms with Gasteiger partial charge < -0.3 is 34.9 Å². The van der Waals surface area contributed by atoms with Crippen molar-refractivity contribution in [1.29, 1.82) is 0 Å². The summed E-state index contributed by atoms with van der Waals surface area (Å²) in [6.45, 7) is 4.21. The predicted molar refractivity (Wildman–Crippen MR) is 165 cm³/mol. The van der Waals surface area contributed by atoms with Gasteiger partial charge in [-0.05, 0) is 51.2 Å². The zero-order chi connectivity index (χ0) is 32.8. The first-order chi connectivity index (χ1) is 22.1. The van der Waals surface area contributed by atoms with Gasteiger partial charge in [0.1, 0.15) is 34.8 Å². The molecule has 1 aromatic heterocycles. The number of amides is 3. The Bertz CT molecular complexity index is 1500. The number of rotatable bonds is 8. The highest BCUT2D eigenvalue weighted by molar-refractivity contribution is 5.95. The van der Waals surface area contributed by atoms with Crippen LogP contribution in [0.1, 0.15) is 65.2 Å². The summed E-state index contributed by atoms with van der Waals surface area (Å²) in [5.41, 5.74) is -1.38. The summed E-state index contributed by atoms with van der Waals surface area (Å²) in [5, 5.41) is 16.0. The summed E-state index contributed by atoms with van der Waals surface area (Å²) in [6.07, 6.45) is 6.04. The largest absolute Gasteiger partial charge is 0.488 e. The van der Waals surface area contributed by atoms with Crippen molar-refractivity contribution in [2.24, 2.45) is 5.92 Å². The number of nitrogens with one attached hydrogen (secondary N) is 2. The molecule has 248 valence electrons. The van der Waals surface area contributed by atoms with Gasteiger partial charge in [0.15, 0.2) is 0 Å². The fourth-order valence-corrected chi connectivity index (χ4v) is 6.20. The van der Waals surface area contributed by atoms with Crippen LogP contribution >= 0.6 is 0 Å². The minimum absolute atomic E-state index is 0.0103. The molecule has 2 aromatic rings. The lowest BCUT2D eigenvalue weighted by Crippen LogP contribution is -2.53. The number of carbonyl (C=O) groups is 4. The molecule has 3 heterocycles. The van der Waals surface area contributed by atoms with E-state index in [4.69, 9.17) is 14.2 Å². The van der Waals surface area contributed by atoms with Gasteiger partial charge in [-0.15, -0.1) is 0 Å². The Kier molecular flexibility index (Phi) is 10.3. The lowest BCUT2D eigenvalue weighted by molar-refractivity contribution is -0.145. The van der Waals surface area contributed by atoms with Gasteiger partial charge in [-0.3, -0.25) is 9.59 Å². The number of pyridine rings is 1. The van der Waals surface area contributed by atoms with Gasteiger partial charge in [0, 0.05) is 36.3 Å². The summed E-state index contributed by atoms with van der Waals surface area (Å²) in [6, 6.07) is 4.46. The van der Waals surface area contributed by atoms with Crippen LogP contribution < -0.4 is 20.1 Å². The second kappa shape index (κ2) is 14.3. The monoisotopic (exact) mass is 640 g/mol. The number of carboxylic acid groups (broad SMARTS) is 1. The van der Waals surface area contributed by atoms with E-state index in [2.05, 4.69) is 15.6 Å². The predicted octanol–water partition coefficient (Wildman–Crippen LogP) is 4.11. The average Bonchev–Trinajstić information content (AvgIpc) is 3.55. The lowest BCUT2D eigenvalue weighted by atomic mass is 10.0. The standard InChI is InChI=1S/C33H41FN4O8/c1-3-14-45-32(43)35-21-11-8-6-5-7-10-20-18-33(20,31(41)42)37-30(40)25-16-22(19-38(25)28(39)15-21)46-26-17-27(44-4-2)36-29-23(26)12-9-13-24(29)34/h7,9-10,12-13,17,20-22,25H,3-6,8,11,14-16,18-19H2,1-2H3,(H,35,43)(H,37,40)(H,41,42)/b10-7-/t20-,21+,22-,25+,33-/m1/s1. The zero-order valence-corrected chi connectivity index (χ0v) is 26.1. The lowest BCUT2D eigenvalue weighted by Gasteiger charge is -2.27. The topological polar surface area (TPSA) is 156 Å². The molecule has 5 atom stereocenters. The summed E-state index contributed by atoms with van der Waals surface area (Å²) in [7, 11) is 0. The van der Waals surface area contributed by atoms with Crippen molar-refractivity contribution in [3.05, 3.63) is 42.2 Å². The van der Waals surface area contributed by atoms with Gasteiger partial charge in [0.2, 0.25) is 17.7 Å². The highest BCUT2D eigenvalue weighted by atomic mass is 19.1. The third-order valence-corrected chi connectivity index (χ3v) is 8.67. The number of para-hydroxylation sites is 1. The maximum atomic E-state index is 14.7. The third-order valence-electron chi connectivity index (χ3n) is 8.67. The molecule has 2 fully saturated rings. The number of hydrogen-bond acceptors (Lipinski definition) is 8. The smallest absolute Gasteiger partial charge is 0.407 e. The van der Waals surface area contributed by atoms with Crippen molar-refractivity contribution in [1.82, 2.24) is 20.5 Å². The van der Waals surface area contributed by atoms with Gasteiger partial charge in [0.25, 0.3) is 0 Å². The Morgan fingerprint density at radius 3 is 2.83 bits per heavy atom. The van der Waals surface area contributed by atoms with Crippen molar-refractivity contribution in [3.8, 4) is 11.6 Å². The number of benzene rings is 1. The molecule has 1 saturated carbocycles. The summed E-state index contributed by atoms with van der Waals surface area (Å²) < 4.78 is 31.8. The number of carbonyl (C=O) groups excluding carboxylic acids is 3. The van der Waals surface area contributed by atoms with Crippen molar-refractivity contribution >= 4 is 34.8 Å². The number of halogens is 1. The second-order valence-corrected chi connectivity index (χ2v) is 12.0. The van der Waals surface area contributed by atoms with E-state index in [-0.39, 0.29) is 55.5 Å². The average molecular weight is 641 g/mol. The van der Waals surface area contributed by atoms with Crippen LogP contribution in [-0.4, -0.2) is 82.4 Å². The Morgan fingerprint density at radius 1 is 1.24 bits per heavy atom. The molecule has 13 heteroatoms. The molecule has 3 aliphatic rings. The Morgan fingerprint density at radius 2 is 2.07 bits per heavy atom. The van der Waals surface area contributed by atoms with Crippen LogP contribution in [0.2, 0.25) is 0 Å². The van der Waals surface area contributed by atoms with Crippen LogP contribution in [0.3, 0.4) is 0 Å². The van der Waals surface area contributed by atoms with Crippen LogP contribution in [0, 0.1) is 11.7 Å². The van der Waals surface area contributed by atoms with E-state index >= 15 is 0 Å². The quantitative estimate of drug-likeness (QED) is 0.362. The van der Waals surface area contributed by atoms with E-state index < -0.39 is 53.4 Å². The van der Waals surface area contributed by atoms with Crippen LogP contribution in [0.5, 0.6) is 11.6 Å². The highest BCUT2D eigenvalue weighted by Gasteiger charge is 2.61. The Balaban J connectivity index is 1.43. The van der Waals surface area contributed by atoms with Gasteiger partial charge >= 0.3 is 12.1 Å². The molecule has 0 unspecified atom stereocenters. The highest BCUT2D eigenvalue weighted by Crippen LogP contribution is 2.45. The molecule has 5 rings (SSSR count). The van der Waals surface area contributed by atoms with Crippen molar-refractivity contribution < 1.29 is 42.9 Å². The number of hydrogen-bond donors (Lipinski definition) is 3. The maximum Gasteiger partial charge on any atom is 0.407 e. The van der Waals surface area contributed by atoms with E-state index in [1.54, 1.807) is 19.1 Å². The zero-order valence-electron chi connectivity index (χ0n) is 26.1. The van der Waals surface area contributed by atoms with E-state index in [0.29, 0.717) is 37.7 Å². The van der Waals surface area contributed by atoms with Crippen molar-refractivity contribution in [2.45, 2.75) is 88.9 Å². The van der Waals surface area contributed by atoms with E-state index in [1.165, 1.54) is 17.0 Å². The molecule has 3 N–H and O–H groups in total. The first kappa shape index (κ1) is 33.0. The molecule has 1 aromatic carbocycles. The van der Waals surface area contributed by atoms with E-state index in [9.17, 15) is 28.7 Å². The fraction of sp³-hybridized carbons (Fsp3) is 0.545. The van der Waals surface area contributed by atoms with Gasteiger partial charge in [-0.1, -0.05) is 31.6 Å². The Labute approximate surface area is 266 Å². The number of allylic oxidation sites excluding steroid dienone is 1. The van der Waals surface area contributed by atoms with Gasteiger partial charge in [0.05, 0.1) is 19.8 Å². The molecule has 0 bridgehead atoms. The number of alkyl carbamates (subject to hydrolysis) is 1. The molecule has 0 spiro atoms. The number of carboxylic acids is 1. The number of aliphatic carboxylic acids is 1. The SMILES string of the molecule is CCCOC(=O)N[C@H]1CCCC/C=C\[C@@H]2C[C@@]2(C(=O)O)NC(=O)[C@@H]2C[C@@H](Oc3cc(OCC)nc4c(F)cccc34)CN2C(=O)C1. The number of ether oxygens (including phenoxy) is 3. The van der Waals surface area contributed by atoms with Crippen molar-refractivity contribution in [3.63, 3.8) is 0 Å². The minimum Gasteiger partial charge on any atom is -0.488 e. The molecule has 0 radical (unpaired) electrons. The molecule has 46 heavy (non-hydrogen) atoms. The fourth-order valence-electron chi connectivity index (χ4n) is 6.20. The number of fused-ring (bicyclic) bond motifs is 3. The summed E-state index contributed by atoms with van der Waals surface area (Å²) in [4.78, 5) is 58.1. The molecule has 3 amide bonds. The van der Waals surface area contributed by atoms with E-state index in [0.717, 1.165) is 6.42 Å². The third kappa shape index (κ3) is 7.34. The summed E-state index contributed by atoms with van der Waals surface area (Å²) >= 11 is 0. The second-order valence-electron chi connectivity index (χ2n) is 12.0. The van der Waals surface area contributed by atoms with Crippen LogP contribution in [0.4, 0.5) is 9.18 Å². The molecular weight excluding hydrogens is 599 g/mol. The first-order valence-corrected chi connectivity index (χ1v) is 16.0. The van der Waals surface area contributed by atoms with Crippen LogP contribution in [0.15, 0.2) is 36.4 Å². The molecule has 1 aliphatic carbocycles. The van der Waals surface area contributed by atoms with Gasteiger partial charge in [-0.25, -0.2) is 19.0 Å². The van der Waals surface area contributed by atoms with E-state index in [1.807, 2.05) is 19.1 Å². The Hall–Kier alpha value is -4.42. The maximum absolute atomic E-state index is 14.7. The van der Waals surface area contributed by atoms with Crippen LogP contribution in [0.25, 0.3) is 10.9 Å². The first-order valence-electron chi connectivity index (χ1n) is 16.0. The van der Waals surface area contributed by atoms with Crippen LogP contribution in [-0.2, 0) is 19.1 Å². The molecular formula is C33H41FN4O8. The number of aromatic nitrogens is 1. The molecule has 1 saturated heterocycles. The normalized spacial score (nSPS) is 27.3. The summed E-state index contributed by atoms with van der Waals surface area (Å²) in [5.74, 6) is -2.60. The molecule has 2 aliphatic heterocycles. The number of nitrogens with zero attached hydrogens (tertiary/aromatic N) is 2. The minimum atomic E-state index is -1.44.